The number of phosphoric ester groups is 1. The Labute approximate surface area is 436 Å². The van der Waals surface area contributed by atoms with Gasteiger partial charge < -0.3 is 19.8 Å². The van der Waals surface area contributed by atoms with Crippen LogP contribution in [0, 0.1) is 0 Å². The molecule has 0 bridgehead atoms. The van der Waals surface area contributed by atoms with Gasteiger partial charge in [-0.2, -0.15) is 0 Å². The molecule has 0 saturated carbocycles. The molecule has 0 heterocycles. The Morgan fingerprint density at radius 1 is 0.486 bits per heavy atom. The van der Waals surface area contributed by atoms with Crippen LogP contribution in [0.25, 0.3) is 0 Å². The topological polar surface area (TPSA) is 105 Å². The molecule has 70 heavy (non-hydrogen) atoms. The molecule has 3 N–H and O–H groups in total. The van der Waals surface area contributed by atoms with Crippen LogP contribution in [0.1, 0.15) is 296 Å². The zero-order chi connectivity index (χ0) is 51.3. The summed E-state index contributed by atoms with van der Waals surface area (Å²) in [4.78, 5) is 23.3. The van der Waals surface area contributed by atoms with Gasteiger partial charge in [-0.3, -0.25) is 13.8 Å². The lowest BCUT2D eigenvalue weighted by Gasteiger charge is -2.25. The molecule has 3 unspecified atom stereocenters. The van der Waals surface area contributed by atoms with Crippen molar-refractivity contribution in [3.05, 3.63) is 36.5 Å². The average molecular weight is 1010 g/mol. The summed E-state index contributed by atoms with van der Waals surface area (Å²) in [7, 11) is 1.58. The number of carbonyl (C=O) groups excluding carboxylic acids is 1. The fourth-order valence-corrected chi connectivity index (χ4v) is 9.81. The first-order valence-electron chi connectivity index (χ1n) is 30.4. The summed E-state index contributed by atoms with van der Waals surface area (Å²) in [6, 6.07) is -0.846. The van der Waals surface area contributed by atoms with Crippen molar-refractivity contribution in [2.45, 2.75) is 309 Å². The molecule has 0 radical (unpaired) electrons. The minimum Gasteiger partial charge on any atom is -0.387 e. The van der Waals surface area contributed by atoms with Crippen molar-refractivity contribution in [2.75, 3.05) is 40.9 Å². The minimum absolute atomic E-state index is 0.0626. The van der Waals surface area contributed by atoms with E-state index in [4.69, 9.17) is 9.05 Å². The summed E-state index contributed by atoms with van der Waals surface area (Å²) in [6.45, 7) is 4.85. The summed E-state index contributed by atoms with van der Waals surface area (Å²) >= 11 is 0. The lowest BCUT2D eigenvalue weighted by Crippen LogP contribution is -2.45. The van der Waals surface area contributed by atoms with Crippen molar-refractivity contribution < 1.29 is 32.9 Å². The monoisotopic (exact) mass is 1010 g/mol. The lowest BCUT2D eigenvalue weighted by molar-refractivity contribution is -0.870. The Kier molecular flexibility index (Phi) is 51.6. The highest BCUT2D eigenvalue weighted by Gasteiger charge is 2.27. The SMILES string of the molecule is CCCCCCCCCCC/C=C\C/C=C\CCCCCCCCCCCCCCCCCC(=O)NC(COP(=O)(O)OCC[N+](C)(C)C)C(O)/C=C/CCCCCCCCCCCCCCCCC. The number of aliphatic hydroxyl groups is 1. The van der Waals surface area contributed by atoms with Crippen LogP contribution in [0.4, 0.5) is 0 Å². The molecule has 8 nitrogen and oxygen atoms in total. The smallest absolute Gasteiger partial charge is 0.387 e. The van der Waals surface area contributed by atoms with E-state index in [9.17, 15) is 19.4 Å². The number of aliphatic hydroxyl groups excluding tert-OH is 1. The van der Waals surface area contributed by atoms with Crippen LogP contribution in [0.5, 0.6) is 0 Å². The largest absolute Gasteiger partial charge is 0.472 e. The maximum Gasteiger partial charge on any atom is 0.472 e. The van der Waals surface area contributed by atoms with Gasteiger partial charge in [0.25, 0.3) is 0 Å². The molecule has 9 heteroatoms. The van der Waals surface area contributed by atoms with E-state index in [0.29, 0.717) is 17.4 Å². The van der Waals surface area contributed by atoms with Crippen LogP contribution in [0.2, 0.25) is 0 Å². The highest BCUT2D eigenvalue weighted by Crippen LogP contribution is 2.43. The van der Waals surface area contributed by atoms with Gasteiger partial charge >= 0.3 is 7.82 Å². The highest BCUT2D eigenvalue weighted by atomic mass is 31.2. The molecule has 0 aromatic carbocycles. The molecule has 0 aliphatic carbocycles. The third-order valence-corrected chi connectivity index (χ3v) is 14.8. The quantitative estimate of drug-likeness (QED) is 0.0243. The molecule has 0 aliphatic heterocycles. The third-order valence-electron chi connectivity index (χ3n) is 13.9. The van der Waals surface area contributed by atoms with E-state index >= 15 is 0 Å². The van der Waals surface area contributed by atoms with Crippen molar-refractivity contribution in [3.8, 4) is 0 Å². The summed E-state index contributed by atoms with van der Waals surface area (Å²) in [5.74, 6) is -0.174. The molecule has 0 aromatic rings. The van der Waals surface area contributed by atoms with Crippen LogP contribution in [-0.4, -0.2) is 73.4 Å². The highest BCUT2D eigenvalue weighted by molar-refractivity contribution is 7.47. The second-order valence-electron chi connectivity index (χ2n) is 22.1. The van der Waals surface area contributed by atoms with Gasteiger partial charge in [0.15, 0.2) is 0 Å². The maximum absolute atomic E-state index is 13.0. The number of carbonyl (C=O) groups is 1. The number of nitrogens with zero attached hydrogens (tertiary/aromatic N) is 1. The Morgan fingerprint density at radius 3 is 1.17 bits per heavy atom. The Balaban J connectivity index is 4.09. The fourth-order valence-electron chi connectivity index (χ4n) is 9.08. The lowest BCUT2D eigenvalue weighted by atomic mass is 10.0. The summed E-state index contributed by atoms with van der Waals surface area (Å²) in [5, 5.41) is 13.9. The number of quaternary nitrogens is 1. The van der Waals surface area contributed by atoms with E-state index in [1.165, 1.54) is 231 Å². The molecule has 0 saturated heterocycles. The summed E-state index contributed by atoms with van der Waals surface area (Å²) in [5.41, 5.74) is 0. The standard InChI is InChI=1S/C61H119N2O6P/c1-6-8-10-12-14-16-18-20-22-24-25-26-27-28-29-30-31-32-33-34-35-36-37-39-41-43-45-47-49-51-53-55-61(65)62-59(58-69-70(66,67)68-57-56-63(3,4)5)60(64)54-52-50-48-46-44-42-40-38-23-21-19-17-15-13-11-9-7-2/h25-26,28-29,52,54,59-60,64H,6-24,27,30-51,53,55-58H2,1-5H3,(H-,62,65,66,67)/p+1/b26-25-,29-28-,54-52+. The van der Waals surface area contributed by atoms with Crippen molar-refractivity contribution in [2.24, 2.45) is 0 Å². The number of allylic oxidation sites excluding steroid dienone is 5. The third kappa shape index (κ3) is 54.5. The Morgan fingerprint density at radius 2 is 0.814 bits per heavy atom. The van der Waals surface area contributed by atoms with E-state index in [1.54, 1.807) is 6.08 Å². The predicted molar refractivity (Wildman–Crippen MR) is 304 cm³/mol. The number of unbranched alkanes of at least 4 members (excludes halogenated alkanes) is 39. The summed E-state index contributed by atoms with van der Waals surface area (Å²) < 4.78 is 23.7. The van der Waals surface area contributed by atoms with Gasteiger partial charge in [-0.25, -0.2) is 4.57 Å². The van der Waals surface area contributed by atoms with E-state index in [-0.39, 0.29) is 19.1 Å². The van der Waals surface area contributed by atoms with E-state index in [0.717, 1.165) is 44.9 Å². The van der Waals surface area contributed by atoms with Crippen molar-refractivity contribution in [1.29, 1.82) is 0 Å². The minimum atomic E-state index is -4.35. The molecule has 414 valence electrons. The first-order valence-corrected chi connectivity index (χ1v) is 31.9. The Hall–Kier alpha value is -1.28. The number of likely N-dealkylation sites (N-methyl/N-ethyl adjacent to an activating group) is 1. The van der Waals surface area contributed by atoms with Crippen molar-refractivity contribution in [3.63, 3.8) is 0 Å². The molecule has 0 spiro atoms. The second kappa shape index (κ2) is 52.6. The van der Waals surface area contributed by atoms with Gasteiger partial charge in [-0.1, -0.05) is 275 Å². The zero-order valence-electron chi connectivity index (χ0n) is 47.3. The van der Waals surface area contributed by atoms with Crippen LogP contribution < -0.4 is 5.32 Å². The van der Waals surface area contributed by atoms with Crippen molar-refractivity contribution in [1.82, 2.24) is 5.32 Å². The van der Waals surface area contributed by atoms with Crippen LogP contribution >= 0.6 is 7.82 Å². The van der Waals surface area contributed by atoms with E-state index in [1.807, 2.05) is 27.2 Å². The van der Waals surface area contributed by atoms with E-state index in [2.05, 4.69) is 43.5 Å². The van der Waals surface area contributed by atoms with Crippen molar-refractivity contribution >= 4 is 13.7 Å². The average Bonchev–Trinajstić information content (AvgIpc) is 3.32. The molecular formula is C61H120N2O6P+. The molecule has 0 fully saturated rings. The fraction of sp³-hybridized carbons (Fsp3) is 0.885. The zero-order valence-corrected chi connectivity index (χ0v) is 48.2. The number of hydrogen-bond acceptors (Lipinski definition) is 5. The van der Waals surface area contributed by atoms with Crippen LogP contribution in [-0.2, 0) is 18.4 Å². The van der Waals surface area contributed by atoms with Gasteiger partial charge in [-0.15, -0.1) is 0 Å². The molecule has 0 aliphatic rings. The molecule has 0 rings (SSSR count). The van der Waals surface area contributed by atoms with Gasteiger partial charge in [0, 0.05) is 6.42 Å². The predicted octanol–water partition coefficient (Wildman–Crippen LogP) is 18.5. The molecular weight excluding hydrogens is 888 g/mol. The normalized spacial score (nSPS) is 14.1. The van der Waals surface area contributed by atoms with Gasteiger partial charge in [0.05, 0.1) is 39.9 Å². The number of hydrogen-bond donors (Lipinski definition) is 3. The second-order valence-corrected chi connectivity index (χ2v) is 23.5. The first-order chi connectivity index (χ1) is 34.0. The number of amides is 1. The first kappa shape index (κ1) is 68.7. The summed E-state index contributed by atoms with van der Waals surface area (Å²) in [6.07, 6.45) is 68.3. The van der Waals surface area contributed by atoms with Gasteiger partial charge in [0.2, 0.25) is 5.91 Å². The molecule has 0 aromatic heterocycles. The number of nitrogens with one attached hydrogen (secondary N) is 1. The maximum atomic E-state index is 13.0. The van der Waals surface area contributed by atoms with Gasteiger partial charge in [0.1, 0.15) is 13.2 Å². The van der Waals surface area contributed by atoms with Crippen LogP contribution in [0.3, 0.4) is 0 Å². The number of phosphoric acid groups is 1. The van der Waals surface area contributed by atoms with Crippen LogP contribution in [0.15, 0.2) is 36.5 Å². The number of rotatable bonds is 56. The Bertz CT molecular complexity index is 1230. The van der Waals surface area contributed by atoms with E-state index < -0.39 is 20.0 Å². The molecule has 1 amide bonds. The molecule has 3 atom stereocenters. The van der Waals surface area contributed by atoms with Gasteiger partial charge in [-0.05, 0) is 51.4 Å².